The molecule has 100 valence electrons. The Morgan fingerprint density at radius 2 is 2.22 bits per heavy atom. The number of thioether (sulfide) groups is 1. The van der Waals surface area contributed by atoms with Crippen molar-refractivity contribution in [2.24, 2.45) is 5.84 Å². The van der Waals surface area contributed by atoms with Crippen molar-refractivity contribution in [3.63, 3.8) is 0 Å². The summed E-state index contributed by atoms with van der Waals surface area (Å²) in [6.07, 6.45) is 3.46. The molecule has 6 nitrogen and oxygen atoms in total. The van der Waals surface area contributed by atoms with Gasteiger partial charge in [0, 0.05) is 24.0 Å². The van der Waals surface area contributed by atoms with Crippen LogP contribution < -0.4 is 11.3 Å². The summed E-state index contributed by atoms with van der Waals surface area (Å²) in [4.78, 5) is 8.72. The van der Waals surface area contributed by atoms with Crippen LogP contribution in [0.3, 0.4) is 0 Å². The van der Waals surface area contributed by atoms with Gasteiger partial charge in [-0.05, 0) is 12.8 Å². The van der Waals surface area contributed by atoms with E-state index < -0.39 is 9.84 Å². The van der Waals surface area contributed by atoms with Crippen molar-refractivity contribution in [2.75, 3.05) is 23.2 Å². The highest BCUT2D eigenvalue weighted by Crippen LogP contribution is 2.39. The average molecular weight is 288 g/mol. The Labute approximate surface area is 111 Å². The molecule has 1 saturated carbocycles. The first-order chi connectivity index (χ1) is 8.48. The summed E-state index contributed by atoms with van der Waals surface area (Å²) in [5, 5.41) is 0.767. The van der Waals surface area contributed by atoms with Gasteiger partial charge >= 0.3 is 0 Å². The lowest BCUT2D eigenvalue weighted by Gasteiger charge is -2.06. The van der Waals surface area contributed by atoms with Gasteiger partial charge in [-0.3, -0.25) is 0 Å². The van der Waals surface area contributed by atoms with Crippen LogP contribution in [0.4, 0.5) is 5.82 Å². The number of sulfone groups is 1. The Bertz CT molecular complexity index is 529. The number of nitrogens with one attached hydrogen (secondary N) is 1. The van der Waals surface area contributed by atoms with E-state index in [1.54, 1.807) is 6.07 Å². The van der Waals surface area contributed by atoms with Gasteiger partial charge in [-0.1, -0.05) is 0 Å². The minimum atomic E-state index is -2.93. The third-order valence-electron chi connectivity index (χ3n) is 2.51. The monoisotopic (exact) mass is 288 g/mol. The zero-order chi connectivity index (χ0) is 13.2. The predicted octanol–water partition coefficient (Wildman–Crippen LogP) is 0.776. The molecule has 0 bridgehead atoms. The number of rotatable bonds is 6. The quantitative estimate of drug-likeness (QED) is 0.345. The van der Waals surface area contributed by atoms with E-state index in [0.717, 1.165) is 23.7 Å². The molecule has 0 spiro atoms. The van der Waals surface area contributed by atoms with Gasteiger partial charge in [0.05, 0.1) is 5.75 Å². The molecule has 0 aliphatic heterocycles. The molecule has 0 amide bonds. The van der Waals surface area contributed by atoms with Crippen molar-refractivity contribution < 1.29 is 8.42 Å². The molecular formula is C10H16N4O2S2. The van der Waals surface area contributed by atoms with E-state index in [0.29, 0.717) is 17.5 Å². The maximum atomic E-state index is 11.1. The maximum absolute atomic E-state index is 11.1. The minimum absolute atomic E-state index is 0.145. The molecule has 1 fully saturated rings. The molecule has 8 heteroatoms. The number of nitrogen functional groups attached to an aromatic ring is 1. The fourth-order valence-electron chi connectivity index (χ4n) is 1.41. The normalized spacial score (nSPS) is 15.7. The largest absolute Gasteiger partial charge is 0.308 e. The van der Waals surface area contributed by atoms with Crippen molar-refractivity contribution in [1.82, 2.24) is 9.97 Å². The molecule has 1 heterocycles. The molecule has 0 atom stereocenters. The smallest absolute Gasteiger partial charge is 0.148 e. The van der Waals surface area contributed by atoms with Gasteiger partial charge in [0.15, 0.2) is 0 Å². The van der Waals surface area contributed by atoms with Gasteiger partial charge in [-0.15, -0.1) is 11.8 Å². The Kier molecular flexibility index (Phi) is 4.08. The number of hydrazine groups is 1. The summed E-state index contributed by atoms with van der Waals surface area (Å²) in [6, 6.07) is 1.73. The highest BCUT2D eigenvalue weighted by atomic mass is 32.2. The van der Waals surface area contributed by atoms with Crippen molar-refractivity contribution in [2.45, 2.75) is 23.8 Å². The van der Waals surface area contributed by atoms with Crippen molar-refractivity contribution in [3.05, 3.63) is 11.9 Å². The van der Waals surface area contributed by atoms with E-state index in [1.807, 2.05) is 0 Å². The van der Waals surface area contributed by atoms with Crippen LogP contribution in [0, 0.1) is 0 Å². The van der Waals surface area contributed by atoms with Crippen LogP contribution in [0.25, 0.3) is 0 Å². The van der Waals surface area contributed by atoms with E-state index >= 15 is 0 Å². The molecule has 0 aromatic carbocycles. The van der Waals surface area contributed by atoms with Crippen LogP contribution in [0.15, 0.2) is 11.1 Å². The summed E-state index contributed by atoms with van der Waals surface area (Å²) in [7, 11) is -2.93. The standard InChI is InChI=1S/C10H16N4O2S2/c1-18(15,16)5-4-17-9-6-8(14-11)12-10(13-9)7-2-3-7/h6-7H,2-5,11H2,1H3,(H,12,13,14). The van der Waals surface area contributed by atoms with Crippen LogP contribution in [-0.2, 0) is 9.84 Å². The Morgan fingerprint density at radius 1 is 1.50 bits per heavy atom. The van der Waals surface area contributed by atoms with E-state index in [1.165, 1.54) is 18.0 Å². The number of nitrogens with zero attached hydrogens (tertiary/aromatic N) is 2. The number of nitrogens with two attached hydrogens (primary N) is 1. The van der Waals surface area contributed by atoms with Gasteiger partial charge < -0.3 is 5.43 Å². The molecule has 1 aliphatic carbocycles. The number of hydrogen-bond donors (Lipinski definition) is 2. The SMILES string of the molecule is CS(=O)(=O)CCSc1cc(NN)nc(C2CC2)n1. The number of hydrogen-bond acceptors (Lipinski definition) is 7. The summed E-state index contributed by atoms with van der Waals surface area (Å²) >= 11 is 1.41. The van der Waals surface area contributed by atoms with Crippen molar-refractivity contribution in [1.29, 1.82) is 0 Å². The Balaban J connectivity index is 2.04. The lowest BCUT2D eigenvalue weighted by atomic mass is 10.4. The zero-order valence-corrected chi connectivity index (χ0v) is 11.7. The molecule has 0 unspecified atom stereocenters. The fraction of sp³-hybridized carbons (Fsp3) is 0.600. The fourth-order valence-corrected chi connectivity index (χ4v) is 3.52. The molecular weight excluding hydrogens is 272 g/mol. The lowest BCUT2D eigenvalue weighted by molar-refractivity contribution is 0.603. The van der Waals surface area contributed by atoms with Gasteiger partial charge in [-0.2, -0.15) is 0 Å². The molecule has 3 N–H and O–H groups in total. The van der Waals surface area contributed by atoms with Gasteiger partial charge in [0.2, 0.25) is 0 Å². The third kappa shape index (κ3) is 4.11. The van der Waals surface area contributed by atoms with Gasteiger partial charge in [-0.25, -0.2) is 24.2 Å². The summed E-state index contributed by atoms with van der Waals surface area (Å²) in [6.45, 7) is 0. The van der Waals surface area contributed by atoms with Crippen LogP contribution in [0.1, 0.15) is 24.6 Å². The van der Waals surface area contributed by atoms with E-state index in [2.05, 4.69) is 15.4 Å². The molecule has 2 rings (SSSR count). The summed E-state index contributed by atoms with van der Waals surface area (Å²) in [5.41, 5.74) is 2.51. The molecule has 1 aromatic rings. The van der Waals surface area contributed by atoms with Gasteiger partial charge in [0.1, 0.15) is 26.5 Å². The topological polar surface area (TPSA) is 98.0 Å². The molecule has 0 saturated heterocycles. The molecule has 18 heavy (non-hydrogen) atoms. The van der Waals surface area contributed by atoms with Crippen molar-refractivity contribution in [3.8, 4) is 0 Å². The van der Waals surface area contributed by atoms with E-state index in [4.69, 9.17) is 5.84 Å². The summed E-state index contributed by atoms with van der Waals surface area (Å²) in [5.74, 6) is 7.81. The predicted molar refractivity (Wildman–Crippen MR) is 72.3 cm³/mol. The highest BCUT2D eigenvalue weighted by molar-refractivity contribution is 8.00. The number of aromatic nitrogens is 2. The Morgan fingerprint density at radius 3 is 2.78 bits per heavy atom. The highest BCUT2D eigenvalue weighted by Gasteiger charge is 2.27. The molecule has 1 aromatic heterocycles. The number of anilines is 1. The van der Waals surface area contributed by atoms with Gasteiger partial charge in [0.25, 0.3) is 0 Å². The van der Waals surface area contributed by atoms with E-state index in [-0.39, 0.29) is 5.75 Å². The second-order valence-corrected chi connectivity index (χ2v) is 7.72. The maximum Gasteiger partial charge on any atom is 0.148 e. The van der Waals surface area contributed by atoms with Crippen LogP contribution >= 0.6 is 11.8 Å². The first kappa shape index (κ1) is 13.6. The summed E-state index contributed by atoms with van der Waals surface area (Å²) < 4.78 is 22.1. The zero-order valence-electron chi connectivity index (χ0n) is 10.1. The van der Waals surface area contributed by atoms with Crippen molar-refractivity contribution >= 4 is 27.4 Å². The first-order valence-electron chi connectivity index (χ1n) is 5.64. The van der Waals surface area contributed by atoms with Crippen LogP contribution in [0.5, 0.6) is 0 Å². The second kappa shape index (κ2) is 5.41. The van der Waals surface area contributed by atoms with Crippen LogP contribution in [-0.4, -0.2) is 36.1 Å². The second-order valence-electron chi connectivity index (χ2n) is 4.35. The average Bonchev–Trinajstić information content (AvgIpc) is 3.10. The Hall–Kier alpha value is -0.860. The minimum Gasteiger partial charge on any atom is -0.308 e. The van der Waals surface area contributed by atoms with Crippen LogP contribution in [0.2, 0.25) is 0 Å². The van der Waals surface area contributed by atoms with E-state index in [9.17, 15) is 8.42 Å². The molecule has 0 radical (unpaired) electrons. The first-order valence-corrected chi connectivity index (χ1v) is 8.68. The third-order valence-corrected chi connectivity index (χ3v) is 4.63. The molecule has 1 aliphatic rings. The lowest BCUT2D eigenvalue weighted by Crippen LogP contribution is -2.11.